The Labute approximate surface area is 210 Å². The standard InChI is InChI=1S/C25H24N4O6S/c1-15-7-11-34-22(15)25(33)29-16-4-2-5-17(12-16)35-19-6-10-27-18-13-20(36-23(18)19)24(32)28-9-3-8-26-14-21(30)31/h2,4-7,10-13,26H,3,8-9,14H2,1H3,(H,28,32)(H,29,33)(H,30,31). The van der Waals surface area contributed by atoms with E-state index in [1.165, 1.54) is 17.6 Å². The van der Waals surface area contributed by atoms with Crippen LogP contribution >= 0.6 is 11.3 Å². The Balaban J connectivity index is 1.41. The van der Waals surface area contributed by atoms with Gasteiger partial charge in [-0.15, -0.1) is 11.3 Å². The third kappa shape index (κ3) is 6.26. The number of furan rings is 1. The molecule has 0 spiro atoms. The van der Waals surface area contributed by atoms with Gasteiger partial charge in [-0.2, -0.15) is 0 Å². The minimum absolute atomic E-state index is 0.113. The zero-order chi connectivity index (χ0) is 25.5. The Morgan fingerprint density at radius 3 is 2.75 bits per heavy atom. The van der Waals surface area contributed by atoms with Gasteiger partial charge in [0.25, 0.3) is 11.8 Å². The van der Waals surface area contributed by atoms with Crippen LogP contribution in [0, 0.1) is 6.92 Å². The molecular weight excluding hydrogens is 484 g/mol. The number of benzene rings is 1. The maximum absolute atomic E-state index is 12.6. The number of aromatic nitrogens is 1. The number of anilines is 1. The monoisotopic (exact) mass is 508 g/mol. The summed E-state index contributed by atoms with van der Waals surface area (Å²) in [7, 11) is 0. The lowest BCUT2D eigenvalue weighted by Crippen LogP contribution is -2.28. The van der Waals surface area contributed by atoms with Crippen LogP contribution in [-0.2, 0) is 4.79 Å². The predicted octanol–water partition coefficient (Wildman–Crippen LogP) is 4.04. The fourth-order valence-corrected chi connectivity index (χ4v) is 4.34. The van der Waals surface area contributed by atoms with Crippen molar-refractivity contribution in [3.05, 3.63) is 71.1 Å². The van der Waals surface area contributed by atoms with Crippen molar-refractivity contribution in [1.29, 1.82) is 0 Å². The van der Waals surface area contributed by atoms with Crippen molar-refractivity contribution in [2.45, 2.75) is 13.3 Å². The first-order chi connectivity index (χ1) is 17.4. The van der Waals surface area contributed by atoms with Crippen LogP contribution in [0.15, 0.2) is 59.3 Å². The second-order valence-electron chi connectivity index (χ2n) is 7.83. The summed E-state index contributed by atoms with van der Waals surface area (Å²) >= 11 is 1.26. The lowest BCUT2D eigenvalue weighted by atomic mass is 10.2. The van der Waals surface area contributed by atoms with E-state index in [2.05, 4.69) is 20.9 Å². The zero-order valence-electron chi connectivity index (χ0n) is 19.4. The second kappa shape index (κ2) is 11.5. The van der Waals surface area contributed by atoms with Gasteiger partial charge in [0.05, 0.1) is 27.9 Å². The topological polar surface area (TPSA) is 143 Å². The van der Waals surface area contributed by atoms with Crippen LogP contribution in [0.25, 0.3) is 10.2 Å². The van der Waals surface area contributed by atoms with Crippen LogP contribution in [0.2, 0.25) is 0 Å². The molecule has 4 aromatic rings. The van der Waals surface area contributed by atoms with Crippen molar-refractivity contribution in [3.8, 4) is 11.5 Å². The molecule has 0 atom stereocenters. The van der Waals surface area contributed by atoms with E-state index in [0.717, 1.165) is 5.56 Å². The highest BCUT2D eigenvalue weighted by atomic mass is 32.1. The van der Waals surface area contributed by atoms with Gasteiger partial charge in [0.2, 0.25) is 0 Å². The number of hydrogen-bond acceptors (Lipinski definition) is 8. The summed E-state index contributed by atoms with van der Waals surface area (Å²) < 4.78 is 12.0. The van der Waals surface area contributed by atoms with Crippen molar-refractivity contribution < 1.29 is 28.6 Å². The van der Waals surface area contributed by atoms with E-state index in [-0.39, 0.29) is 24.1 Å². The van der Waals surface area contributed by atoms with Crippen LogP contribution in [0.3, 0.4) is 0 Å². The number of aliphatic carboxylic acids is 1. The molecule has 0 saturated carbocycles. The molecule has 3 aromatic heterocycles. The van der Waals surface area contributed by atoms with Gasteiger partial charge in [-0.05, 0) is 44.2 Å². The highest BCUT2D eigenvalue weighted by molar-refractivity contribution is 7.21. The number of nitrogens with zero attached hydrogens (tertiary/aromatic N) is 1. The Kier molecular flexibility index (Phi) is 7.93. The first kappa shape index (κ1) is 24.9. The minimum Gasteiger partial charge on any atom is -0.480 e. The molecule has 3 heterocycles. The molecule has 0 aliphatic rings. The summed E-state index contributed by atoms with van der Waals surface area (Å²) in [4.78, 5) is 40.3. The normalized spacial score (nSPS) is 10.8. The molecule has 0 saturated heterocycles. The number of carbonyl (C=O) groups excluding carboxylic acids is 2. The smallest absolute Gasteiger partial charge is 0.317 e. The van der Waals surface area contributed by atoms with Crippen LogP contribution in [-0.4, -0.2) is 47.5 Å². The lowest BCUT2D eigenvalue weighted by molar-refractivity contribution is -0.135. The Morgan fingerprint density at radius 2 is 1.97 bits per heavy atom. The molecule has 0 unspecified atom stereocenters. The predicted molar refractivity (Wildman–Crippen MR) is 135 cm³/mol. The van der Waals surface area contributed by atoms with Gasteiger partial charge >= 0.3 is 5.97 Å². The van der Waals surface area contributed by atoms with E-state index in [0.29, 0.717) is 51.8 Å². The Morgan fingerprint density at radius 1 is 1.11 bits per heavy atom. The number of hydrogen-bond donors (Lipinski definition) is 4. The number of carboxylic acids is 1. The van der Waals surface area contributed by atoms with Crippen LogP contribution in [0.5, 0.6) is 11.5 Å². The third-order valence-electron chi connectivity index (χ3n) is 5.08. The molecule has 0 aliphatic heterocycles. The Hall–Kier alpha value is -4.22. The third-order valence-corrected chi connectivity index (χ3v) is 6.22. The van der Waals surface area contributed by atoms with E-state index in [9.17, 15) is 14.4 Å². The molecule has 4 N–H and O–H groups in total. The number of thiophene rings is 1. The molecule has 0 fully saturated rings. The number of pyridine rings is 1. The summed E-state index contributed by atoms with van der Waals surface area (Å²) in [5, 5.41) is 17.0. The molecule has 0 aliphatic carbocycles. The largest absolute Gasteiger partial charge is 0.480 e. The first-order valence-electron chi connectivity index (χ1n) is 11.1. The number of aryl methyl sites for hydroxylation is 1. The number of carbonyl (C=O) groups is 3. The SMILES string of the molecule is Cc1ccoc1C(=O)Nc1cccc(Oc2ccnc3cc(C(=O)NCCCNCC(=O)O)sc23)c1. The molecule has 0 bridgehead atoms. The second-order valence-corrected chi connectivity index (χ2v) is 8.88. The number of carboxylic acid groups (broad SMARTS) is 1. The summed E-state index contributed by atoms with van der Waals surface area (Å²) in [6.45, 7) is 2.57. The van der Waals surface area contributed by atoms with Gasteiger partial charge in [-0.25, -0.2) is 0 Å². The number of rotatable bonds is 11. The summed E-state index contributed by atoms with van der Waals surface area (Å²) in [5.74, 6) is -0.224. The van der Waals surface area contributed by atoms with Crippen LogP contribution < -0.4 is 20.7 Å². The lowest BCUT2D eigenvalue weighted by Gasteiger charge is -2.09. The first-order valence-corrected chi connectivity index (χ1v) is 11.9. The van der Waals surface area contributed by atoms with Crippen molar-refractivity contribution >= 4 is 45.0 Å². The molecule has 10 nitrogen and oxygen atoms in total. The van der Waals surface area contributed by atoms with E-state index in [4.69, 9.17) is 14.3 Å². The summed E-state index contributed by atoms with van der Waals surface area (Å²) in [6.07, 6.45) is 3.67. The maximum atomic E-state index is 12.6. The maximum Gasteiger partial charge on any atom is 0.317 e. The van der Waals surface area contributed by atoms with Gasteiger partial charge in [-0.1, -0.05) is 6.07 Å². The molecule has 0 radical (unpaired) electrons. The molecule has 4 rings (SSSR count). The van der Waals surface area contributed by atoms with E-state index in [1.807, 2.05) is 0 Å². The number of amides is 2. The van der Waals surface area contributed by atoms with E-state index >= 15 is 0 Å². The number of ether oxygens (including phenoxy) is 1. The van der Waals surface area contributed by atoms with Gasteiger partial charge in [-0.3, -0.25) is 19.4 Å². The minimum atomic E-state index is -0.921. The van der Waals surface area contributed by atoms with Gasteiger partial charge in [0, 0.05) is 36.1 Å². The van der Waals surface area contributed by atoms with E-state index in [1.54, 1.807) is 55.6 Å². The average molecular weight is 509 g/mol. The molecule has 2 amide bonds. The van der Waals surface area contributed by atoms with Crippen molar-refractivity contribution in [1.82, 2.24) is 15.6 Å². The zero-order valence-corrected chi connectivity index (χ0v) is 20.2. The molecule has 186 valence electrons. The van der Waals surface area contributed by atoms with Crippen molar-refractivity contribution in [3.63, 3.8) is 0 Å². The molecular formula is C25H24N4O6S. The molecule has 11 heteroatoms. The Bertz CT molecular complexity index is 1400. The van der Waals surface area contributed by atoms with Crippen LogP contribution in [0.1, 0.15) is 32.2 Å². The quantitative estimate of drug-likeness (QED) is 0.222. The number of fused-ring (bicyclic) bond motifs is 1. The van der Waals surface area contributed by atoms with Gasteiger partial charge < -0.3 is 30.2 Å². The summed E-state index contributed by atoms with van der Waals surface area (Å²) in [6, 6.07) is 12.1. The highest BCUT2D eigenvalue weighted by Crippen LogP contribution is 2.35. The summed E-state index contributed by atoms with van der Waals surface area (Å²) in [5.41, 5.74) is 1.91. The number of nitrogens with one attached hydrogen (secondary N) is 3. The average Bonchev–Trinajstić information content (AvgIpc) is 3.48. The van der Waals surface area contributed by atoms with Gasteiger partial charge in [0.15, 0.2) is 5.76 Å². The highest BCUT2D eigenvalue weighted by Gasteiger charge is 2.16. The molecule has 36 heavy (non-hydrogen) atoms. The molecule has 1 aromatic carbocycles. The van der Waals surface area contributed by atoms with Crippen molar-refractivity contribution in [2.24, 2.45) is 0 Å². The fourth-order valence-electron chi connectivity index (χ4n) is 3.36. The fraction of sp³-hybridized carbons (Fsp3) is 0.200. The van der Waals surface area contributed by atoms with E-state index < -0.39 is 5.97 Å². The van der Waals surface area contributed by atoms with Gasteiger partial charge in [0.1, 0.15) is 11.5 Å². The van der Waals surface area contributed by atoms with Crippen molar-refractivity contribution in [2.75, 3.05) is 25.0 Å². The van der Waals surface area contributed by atoms with Crippen LogP contribution in [0.4, 0.5) is 5.69 Å².